The number of fused-ring (bicyclic) bond motifs is 1. The average Bonchev–Trinajstić information content (AvgIpc) is 2.67. The summed E-state index contributed by atoms with van der Waals surface area (Å²) in [6.07, 6.45) is 3.19. The highest BCUT2D eigenvalue weighted by Crippen LogP contribution is 2.22. The predicted molar refractivity (Wildman–Crippen MR) is 99.4 cm³/mol. The number of aromatic amines is 1. The summed E-state index contributed by atoms with van der Waals surface area (Å²) in [5.74, 6) is 0.579. The number of aromatic nitrogens is 3. The summed E-state index contributed by atoms with van der Waals surface area (Å²) in [4.78, 5) is 23.4. The number of pyridine rings is 1. The third-order valence-corrected chi connectivity index (χ3v) is 3.99. The summed E-state index contributed by atoms with van der Waals surface area (Å²) in [5.41, 5.74) is 3.71. The lowest BCUT2D eigenvalue weighted by atomic mass is 10.1. The lowest BCUT2D eigenvalue weighted by Crippen LogP contribution is -2.14. The Labute approximate surface area is 144 Å². The molecule has 0 aliphatic heterocycles. The summed E-state index contributed by atoms with van der Waals surface area (Å²) in [6, 6.07) is 20.0. The molecule has 0 atom stereocenters. The van der Waals surface area contributed by atoms with Crippen molar-refractivity contribution in [2.45, 2.75) is 6.54 Å². The minimum Gasteiger partial charge on any atom is -0.378 e. The molecular weight excluding hydrogens is 312 g/mol. The maximum absolute atomic E-state index is 12.1. The van der Waals surface area contributed by atoms with Gasteiger partial charge in [0.2, 0.25) is 0 Å². The molecule has 5 nitrogen and oxygen atoms in total. The van der Waals surface area contributed by atoms with E-state index < -0.39 is 0 Å². The molecule has 2 heterocycles. The second kappa shape index (κ2) is 6.57. The van der Waals surface area contributed by atoms with Gasteiger partial charge in [-0.25, -0.2) is 4.98 Å². The van der Waals surface area contributed by atoms with Gasteiger partial charge in [-0.3, -0.25) is 9.78 Å². The third kappa shape index (κ3) is 3.26. The van der Waals surface area contributed by atoms with Crippen molar-refractivity contribution in [3.63, 3.8) is 0 Å². The highest BCUT2D eigenvalue weighted by Gasteiger charge is 2.04. The second-order valence-corrected chi connectivity index (χ2v) is 5.71. The Morgan fingerprint density at radius 2 is 1.80 bits per heavy atom. The van der Waals surface area contributed by atoms with Gasteiger partial charge in [-0.05, 0) is 29.3 Å². The van der Waals surface area contributed by atoms with E-state index in [-0.39, 0.29) is 5.56 Å². The second-order valence-electron chi connectivity index (χ2n) is 5.71. The van der Waals surface area contributed by atoms with Crippen molar-refractivity contribution in [2.75, 3.05) is 5.32 Å². The smallest absolute Gasteiger partial charge is 0.258 e. The van der Waals surface area contributed by atoms with E-state index in [0.717, 1.165) is 16.8 Å². The van der Waals surface area contributed by atoms with Crippen LogP contribution in [0.3, 0.4) is 0 Å². The van der Waals surface area contributed by atoms with Gasteiger partial charge in [0.1, 0.15) is 5.82 Å². The van der Waals surface area contributed by atoms with E-state index in [9.17, 15) is 4.79 Å². The first-order valence-corrected chi connectivity index (χ1v) is 8.02. The van der Waals surface area contributed by atoms with Crippen molar-refractivity contribution in [1.29, 1.82) is 0 Å². The van der Waals surface area contributed by atoms with E-state index >= 15 is 0 Å². The monoisotopic (exact) mass is 328 g/mol. The number of rotatable bonds is 4. The van der Waals surface area contributed by atoms with Crippen LogP contribution in [0.15, 0.2) is 77.9 Å². The topological polar surface area (TPSA) is 70.7 Å². The van der Waals surface area contributed by atoms with Crippen molar-refractivity contribution in [2.24, 2.45) is 0 Å². The SMILES string of the molecule is O=c1[nH]c(CNc2cccc(-c3ccccc3)c2)nc2cnccc12. The molecule has 2 aromatic carbocycles. The van der Waals surface area contributed by atoms with Crippen LogP contribution in [0.1, 0.15) is 5.82 Å². The van der Waals surface area contributed by atoms with Crippen molar-refractivity contribution < 1.29 is 0 Å². The minimum absolute atomic E-state index is 0.151. The van der Waals surface area contributed by atoms with Gasteiger partial charge in [0.15, 0.2) is 0 Å². The van der Waals surface area contributed by atoms with Crippen LogP contribution in [-0.4, -0.2) is 15.0 Å². The lowest BCUT2D eigenvalue weighted by Gasteiger charge is -2.09. The Morgan fingerprint density at radius 1 is 0.960 bits per heavy atom. The van der Waals surface area contributed by atoms with Gasteiger partial charge in [-0.2, -0.15) is 0 Å². The number of H-pyrrole nitrogens is 1. The first-order valence-electron chi connectivity index (χ1n) is 8.02. The van der Waals surface area contributed by atoms with Gasteiger partial charge in [0, 0.05) is 11.9 Å². The molecular formula is C20H16N4O. The molecule has 0 saturated carbocycles. The zero-order chi connectivity index (χ0) is 17.1. The van der Waals surface area contributed by atoms with Crippen LogP contribution in [0.5, 0.6) is 0 Å². The van der Waals surface area contributed by atoms with Crippen molar-refractivity contribution in [3.8, 4) is 11.1 Å². The standard InChI is InChI=1S/C20H16N4O/c25-20-17-9-10-21-12-18(17)23-19(24-20)13-22-16-8-4-7-15(11-16)14-5-2-1-3-6-14/h1-12,22H,13H2,(H,23,24,25). The lowest BCUT2D eigenvalue weighted by molar-refractivity contribution is 0.951. The van der Waals surface area contributed by atoms with Crippen LogP contribution in [-0.2, 0) is 6.54 Å². The van der Waals surface area contributed by atoms with Gasteiger partial charge >= 0.3 is 0 Å². The van der Waals surface area contributed by atoms with Crippen LogP contribution in [0.4, 0.5) is 5.69 Å². The fourth-order valence-corrected chi connectivity index (χ4v) is 2.75. The first-order chi connectivity index (χ1) is 12.3. The van der Waals surface area contributed by atoms with E-state index in [1.54, 1.807) is 18.5 Å². The van der Waals surface area contributed by atoms with Gasteiger partial charge in [0.25, 0.3) is 5.56 Å². The zero-order valence-electron chi connectivity index (χ0n) is 13.4. The maximum Gasteiger partial charge on any atom is 0.258 e. The molecule has 4 aromatic rings. The summed E-state index contributed by atoms with van der Waals surface area (Å²) in [6.45, 7) is 0.429. The normalized spacial score (nSPS) is 10.7. The van der Waals surface area contributed by atoms with Gasteiger partial charge < -0.3 is 10.3 Å². The molecule has 0 radical (unpaired) electrons. The van der Waals surface area contributed by atoms with Crippen molar-refractivity contribution in [3.05, 3.63) is 89.2 Å². The van der Waals surface area contributed by atoms with E-state index in [1.807, 2.05) is 30.3 Å². The number of nitrogens with zero attached hydrogens (tertiary/aromatic N) is 2. The van der Waals surface area contributed by atoms with Crippen molar-refractivity contribution in [1.82, 2.24) is 15.0 Å². The number of benzene rings is 2. The fourth-order valence-electron chi connectivity index (χ4n) is 2.75. The molecule has 2 aromatic heterocycles. The fraction of sp³-hybridized carbons (Fsp3) is 0.0500. The number of hydrogen-bond acceptors (Lipinski definition) is 4. The Morgan fingerprint density at radius 3 is 2.68 bits per heavy atom. The molecule has 5 heteroatoms. The highest BCUT2D eigenvalue weighted by atomic mass is 16.1. The summed E-state index contributed by atoms with van der Waals surface area (Å²) in [7, 11) is 0. The van der Waals surface area contributed by atoms with Gasteiger partial charge in [0.05, 0.1) is 23.6 Å². The van der Waals surface area contributed by atoms with Crippen molar-refractivity contribution >= 4 is 16.6 Å². The van der Waals surface area contributed by atoms with E-state index in [0.29, 0.717) is 23.3 Å². The Balaban J connectivity index is 1.57. The van der Waals surface area contributed by atoms with Crippen LogP contribution >= 0.6 is 0 Å². The Kier molecular flexibility index (Phi) is 3.96. The number of anilines is 1. The molecule has 2 N–H and O–H groups in total. The molecule has 0 aliphatic rings. The molecule has 0 amide bonds. The molecule has 0 bridgehead atoms. The van der Waals surface area contributed by atoms with Gasteiger partial charge in [-0.15, -0.1) is 0 Å². The van der Waals surface area contributed by atoms with Crippen LogP contribution < -0.4 is 10.9 Å². The van der Waals surface area contributed by atoms with E-state index in [2.05, 4.69) is 44.5 Å². The quantitative estimate of drug-likeness (QED) is 0.600. The Bertz CT molecular complexity index is 1070. The molecule has 25 heavy (non-hydrogen) atoms. The zero-order valence-corrected chi connectivity index (χ0v) is 13.4. The first kappa shape index (κ1) is 15.1. The predicted octanol–water partition coefficient (Wildman–Crippen LogP) is 3.60. The van der Waals surface area contributed by atoms with Crippen LogP contribution in [0, 0.1) is 0 Å². The number of nitrogens with one attached hydrogen (secondary N) is 2. The van der Waals surface area contributed by atoms with E-state index in [1.165, 1.54) is 0 Å². The largest absolute Gasteiger partial charge is 0.378 e. The van der Waals surface area contributed by atoms with Crippen LogP contribution in [0.25, 0.3) is 22.0 Å². The Hall–Kier alpha value is -3.47. The molecule has 0 spiro atoms. The van der Waals surface area contributed by atoms with Crippen LogP contribution in [0.2, 0.25) is 0 Å². The highest BCUT2D eigenvalue weighted by molar-refractivity contribution is 5.76. The maximum atomic E-state index is 12.1. The summed E-state index contributed by atoms with van der Waals surface area (Å²) >= 11 is 0. The third-order valence-electron chi connectivity index (χ3n) is 3.99. The van der Waals surface area contributed by atoms with Gasteiger partial charge in [-0.1, -0.05) is 42.5 Å². The summed E-state index contributed by atoms with van der Waals surface area (Å²) < 4.78 is 0. The number of hydrogen-bond donors (Lipinski definition) is 2. The average molecular weight is 328 g/mol. The molecule has 4 rings (SSSR count). The van der Waals surface area contributed by atoms with E-state index in [4.69, 9.17) is 0 Å². The molecule has 0 saturated heterocycles. The minimum atomic E-state index is -0.151. The molecule has 0 aliphatic carbocycles. The molecule has 0 fully saturated rings. The molecule has 0 unspecified atom stereocenters. The molecule has 122 valence electrons. The summed E-state index contributed by atoms with van der Waals surface area (Å²) in [5, 5.41) is 3.86.